The molecule has 2 heterocycles. The number of nitrogens with one attached hydrogen (secondary N) is 2. The van der Waals surface area contributed by atoms with Crippen LogP contribution in [-0.2, 0) is 9.59 Å². The van der Waals surface area contributed by atoms with Crippen LogP contribution >= 0.6 is 0 Å². The molecular weight excluding hydrogens is 372 g/mol. The molecule has 2 N–H and O–H groups in total. The van der Waals surface area contributed by atoms with E-state index in [2.05, 4.69) is 10.6 Å². The molecule has 0 bridgehead atoms. The topological polar surface area (TPSA) is 102 Å². The van der Waals surface area contributed by atoms with E-state index in [1.165, 1.54) is 12.8 Å². The summed E-state index contributed by atoms with van der Waals surface area (Å²) in [7, 11) is 0. The lowest BCUT2D eigenvalue weighted by Crippen LogP contribution is -2.60. The number of fused-ring (bicyclic) bond motifs is 1. The van der Waals surface area contributed by atoms with Crippen LogP contribution in [0.3, 0.4) is 0 Å². The fourth-order valence-electron chi connectivity index (χ4n) is 5.36. The number of amides is 2. The Kier molecular flexibility index (Phi) is 4.31. The van der Waals surface area contributed by atoms with Crippen molar-refractivity contribution in [2.24, 2.45) is 23.2 Å². The minimum atomic E-state index is -1.03. The van der Waals surface area contributed by atoms with Crippen molar-refractivity contribution >= 4 is 23.4 Å². The summed E-state index contributed by atoms with van der Waals surface area (Å²) in [5.74, 6) is -2.10. The molecule has 2 saturated heterocycles. The summed E-state index contributed by atoms with van der Waals surface area (Å²) in [5.41, 5.74) is 1.22. The number of hydrogen-bond donors (Lipinski definition) is 2. The summed E-state index contributed by atoms with van der Waals surface area (Å²) in [5, 5.41) is 5.58. The van der Waals surface area contributed by atoms with Crippen molar-refractivity contribution in [2.45, 2.75) is 32.1 Å². The number of ether oxygens (including phenoxy) is 1. The first-order chi connectivity index (χ1) is 14.0. The first kappa shape index (κ1) is 18.5. The maximum Gasteiger partial charge on any atom is 0.230 e. The predicted octanol–water partition coefficient (Wildman–Crippen LogP) is 1.50. The van der Waals surface area contributed by atoms with E-state index < -0.39 is 17.7 Å². The Hall–Kier alpha value is -2.54. The van der Waals surface area contributed by atoms with E-state index in [1.807, 2.05) is 0 Å². The number of hydrogen-bond acceptors (Lipinski definition) is 6. The maximum atomic E-state index is 12.9. The molecule has 2 atom stereocenters. The van der Waals surface area contributed by atoms with Gasteiger partial charge in [0.15, 0.2) is 11.6 Å². The van der Waals surface area contributed by atoms with E-state index >= 15 is 0 Å². The maximum absolute atomic E-state index is 12.9. The first-order valence-corrected chi connectivity index (χ1v) is 10.4. The second kappa shape index (κ2) is 6.76. The van der Waals surface area contributed by atoms with Crippen LogP contribution in [0.4, 0.5) is 0 Å². The normalized spacial score (nSPS) is 28.0. The van der Waals surface area contributed by atoms with Gasteiger partial charge >= 0.3 is 0 Å². The Bertz CT molecular complexity index is 912. The lowest BCUT2D eigenvalue weighted by Gasteiger charge is -2.54. The van der Waals surface area contributed by atoms with Gasteiger partial charge in [-0.1, -0.05) is 0 Å². The first-order valence-electron chi connectivity index (χ1n) is 10.4. The SMILES string of the molecule is O=C1CCC(C2C(=O)c3ccc(OCCC4CC5(CNC5)C4)cc3C2=O)C(=O)N1. The minimum absolute atomic E-state index is 0.149. The summed E-state index contributed by atoms with van der Waals surface area (Å²) < 4.78 is 5.85. The van der Waals surface area contributed by atoms with Gasteiger partial charge < -0.3 is 10.1 Å². The van der Waals surface area contributed by atoms with Crippen LogP contribution in [0.15, 0.2) is 18.2 Å². The highest BCUT2D eigenvalue weighted by Gasteiger charge is 2.48. The zero-order valence-corrected chi connectivity index (χ0v) is 16.2. The standard InChI is InChI=1S/C22H24N2O5/c25-17-4-3-15(21(28)24-17)18-19(26)14-2-1-13(7-16(14)20(18)27)29-6-5-12-8-22(9-12)10-23-11-22/h1-2,7,12,15,18,23H,3-6,8-11H2,(H,24,25,28). The van der Waals surface area contributed by atoms with Gasteiger partial charge in [-0.25, -0.2) is 0 Å². The molecule has 2 aliphatic carbocycles. The molecule has 7 nitrogen and oxygen atoms in total. The molecule has 3 fully saturated rings. The summed E-state index contributed by atoms with van der Waals surface area (Å²) in [6.45, 7) is 2.87. The van der Waals surface area contributed by atoms with Crippen molar-refractivity contribution in [3.05, 3.63) is 29.3 Å². The minimum Gasteiger partial charge on any atom is -0.494 e. The number of imide groups is 1. The lowest BCUT2D eigenvalue weighted by atomic mass is 9.58. The molecule has 152 valence electrons. The van der Waals surface area contributed by atoms with Gasteiger partial charge in [-0.2, -0.15) is 0 Å². The highest BCUT2D eigenvalue weighted by Crippen LogP contribution is 2.49. The fourth-order valence-corrected chi connectivity index (χ4v) is 5.36. The largest absolute Gasteiger partial charge is 0.494 e. The molecule has 0 radical (unpaired) electrons. The molecular formula is C22H24N2O5. The molecule has 1 aromatic carbocycles. The Morgan fingerprint density at radius 1 is 1.03 bits per heavy atom. The molecule has 1 saturated carbocycles. The molecule has 2 amide bonds. The van der Waals surface area contributed by atoms with Crippen LogP contribution in [0.25, 0.3) is 0 Å². The lowest BCUT2D eigenvalue weighted by molar-refractivity contribution is -0.137. The van der Waals surface area contributed by atoms with Crippen LogP contribution in [0.2, 0.25) is 0 Å². The molecule has 5 rings (SSSR count). The van der Waals surface area contributed by atoms with Crippen molar-refractivity contribution in [3.8, 4) is 5.75 Å². The molecule has 4 aliphatic rings. The van der Waals surface area contributed by atoms with Gasteiger partial charge in [0.05, 0.1) is 18.4 Å². The molecule has 0 aromatic heterocycles. The summed E-state index contributed by atoms with van der Waals surface area (Å²) in [6.07, 6.45) is 3.88. The van der Waals surface area contributed by atoms with Gasteiger partial charge in [0.2, 0.25) is 11.8 Å². The molecule has 2 unspecified atom stereocenters. The number of ketones is 2. The van der Waals surface area contributed by atoms with E-state index in [9.17, 15) is 19.2 Å². The van der Waals surface area contributed by atoms with Crippen molar-refractivity contribution in [1.82, 2.24) is 10.6 Å². The van der Waals surface area contributed by atoms with Crippen LogP contribution < -0.4 is 15.4 Å². The molecule has 1 aromatic rings. The Labute approximate surface area is 168 Å². The van der Waals surface area contributed by atoms with Gasteiger partial charge in [0.1, 0.15) is 5.75 Å². The summed E-state index contributed by atoms with van der Waals surface area (Å²) in [4.78, 5) is 49.2. The number of carbonyl (C=O) groups excluding carboxylic acids is 4. The number of piperidine rings is 1. The number of benzene rings is 1. The smallest absolute Gasteiger partial charge is 0.230 e. The fraction of sp³-hybridized carbons (Fsp3) is 0.545. The highest BCUT2D eigenvalue weighted by molar-refractivity contribution is 6.28. The Morgan fingerprint density at radius 3 is 2.48 bits per heavy atom. The van der Waals surface area contributed by atoms with Crippen LogP contribution in [0, 0.1) is 23.2 Å². The predicted molar refractivity (Wildman–Crippen MR) is 103 cm³/mol. The van der Waals surface area contributed by atoms with Crippen LogP contribution in [0.1, 0.15) is 52.8 Å². The van der Waals surface area contributed by atoms with E-state index in [-0.39, 0.29) is 30.3 Å². The highest BCUT2D eigenvalue weighted by atomic mass is 16.5. The van der Waals surface area contributed by atoms with E-state index in [1.54, 1.807) is 18.2 Å². The monoisotopic (exact) mass is 396 g/mol. The van der Waals surface area contributed by atoms with Crippen molar-refractivity contribution in [1.29, 1.82) is 0 Å². The Morgan fingerprint density at radius 2 is 1.79 bits per heavy atom. The summed E-state index contributed by atoms with van der Waals surface area (Å²) in [6, 6.07) is 4.96. The molecule has 7 heteroatoms. The van der Waals surface area contributed by atoms with Crippen LogP contribution in [0.5, 0.6) is 5.75 Å². The molecule has 29 heavy (non-hydrogen) atoms. The second-order valence-electron chi connectivity index (χ2n) is 8.99. The van der Waals surface area contributed by atoms with E-state index in [0.29, 0.717) is 34.8 Å². The number of Topliss-reactive ketones (excluding diaryl/α,β-unsaturated/α-hetero) is 2. The average Bonchev–Trinajstić information content (AvgIpc) is 2.86. The van der Waals surface area contributed by atoms with Crippen molar-refractivity contribution in [3.63, 3.8) is 0 Å². The zero-order valence-electron chi connectivity index (χ0n) is 16.2. The second-order valence-corrected chi connectivity index (χ2v) is 8.99. The van der Waals surface area contributed by atoms with Gasteiger partial charge in [-0.15, -0.1) is 0 Å². The molecule has 1 spiro atoms. The number of rotatable bonds is 5. The van der Waals surface area contributed by atoms with Gasteiger partial charge in [0.25, 0.3) is 0 Å². The van der Waals surface area contributed by atoms with Crippen molar-refractivity contribution in [2.75, 3.05) is 19.7 Å². The summed E-state index contributed by atoms with van der Waals surface area (Å²) >= 11 is 0. The molecule has 2 aliphatic heterocycles. The van der Waals surface area contributed by atoms with Gasteiger partial charge in [-0.05, 0) is 55.2 Å². The quantitative estimate of drug-likeness (QED) is 0.578. The van der Waals surface area contributed by atoms with E-state index in [0.717, 1.165) is 19.5 Å². The van der Waals surface area contributed by atoms with Gasteiger partial charge in [0, 0.05) is 30.6 Å². The van der Waals surface area contributed by atoms with Crippen LogP contribution in [-0.4, -0.2) is 43.1 Å². The zero-order chi connectivity index (χ0) is 20.2. The number of carbonyl (C=O) groups is 4. The van der Waals surface area contributed by atoms with Gasteiger partial charge in [-0.3, -0.25) is 24.5 Å². The van der Waals surface area contributed by atoms with Crippen molar-refractivity contribution < 1.29 is 23.9 Å². The van der Waals surface area contributed by atoms with E-state index in [4.69, 9.17) is 4.74 Å². The third-order valence-electron chi connectivity index (χ3n) is 7.01. The third-order valence-corrected chi connectivity index (χ3v) is 7.01. The Balaban J connectivity index is 1.22. The third kappa shape index (κ3) is 3.08. The average molecular weight is 396 g/mol.